The van der Waals surface area contributed by atoms with Crippen LogP contribution in [0.4, 0.5) is 0 Å². The summed E-state index contributed by atoms with van der Waals surface area (Å²) in [5.74, 6) is 0.681. The molecule has 1 atom stereocenters. The van der Waals surface area contributed by atoms with E-state index in [4.69, 9.17) is 9.47 Å². The molecule has 1 aliphatic carbocycles. The maximum atomic E-state index is 12.0. The van der Waals surface area contributed by atoms with Gasteiger partial charge < -0.3 is 9.47 Å². The van der Waals surface area contributed by atoms with Gasteiger partial charge in [0.15, 0.2) is 0 Å². The lowest BCUT2D eigenvalue weighted by Crippen LogP contribution is -2.51. The Morgan fingerprint density at radius 2 is 2.00 bits per heavy atom. The second-order valence-corrected chi connectivity index (χ2v) is 6.01. The molecule has 1 N–H and O–H groups in total. The maximum absolute atomic E-state index is 12.0. The maximum Gasteiger partial charge on any atom is 0.325 e. The first-order chi connectivity index (χ1) is 10.0. The van der Waals surface area contributed by atoms with Gasteiger partial charge in [-0.3, -0.25) is 10.1 Å². The van der Waals surface area contributed by atoms with E-state index in [1.54, 1.807) is 0 Å². The highest BCUT2D eigenvalue weighted by Gasteiger charge is 2.38. The summed E-state index contributed by atoms with van der Waals surface area (Å²) in [7, 11) is 1.44. The minimum Gasteiger partial charge on any atom is -0.494 e. The molecule has 21 heavy (non-hydrogen) atoms. The van der Waals surface area contributed by atoms with Crippen molar-refractivity contribution in [2.75, 3.05) is 13.7 Å². The van der Waals surface area contributed by atoms with Gasteiger partial charge in [-0.25, -0.2) is 0 Å². The van der Waals surface area contributed by atoms with Crippen LogP contribution in [0.15, 0.2) is 24.3 Å². The molecule has 0 heterocycles. The Hall–Kier alpha value is -1.55. The molecule has 2 rings (SSSR count). The lowest BCUT2D eigenvalue weighted by Gasteiger charge is -2.28. The molecule has 1 aromatic rings. The van der Waals surface area contributed by atoms with Crippen LogP contribution >= 0.6 is 0 Å². The number of aryl methyl sites for hydroxylation is 1. The highest BCUT2D eigenvalue weighted by Crippen LogP contribution is 2.25. The molecule has 4 nitrogen and oxygen atoms in total. The number of carbonyl (C=O) groups is 1. The van der Waals surface area contributed by atoms with Gasteiger partial charge in [-0.2, -0.15) is 0 Å². The van der Waals surface area contributed by atoms with E-state index in [1.165, 1.54) is 12.7 Å². The number of carbonyl (C=O) groups excluding carboxylic acids is 1. The van der Waals surface area contributed by atoms with Crippen molar-refractivity contribution in [2.45, 2.75) is 51.1 Å². The highest BCUT2D eigenvalue weighted by molar-refractivity contribution is 5.80. The van der Waals surface area contributed by atoms with Crippen LogP contribution in [-0.4, -0.2) is 31.3 Å². The van der Waals surface area contributed by atoms with Crippen LogP contribution in [0.5, 0.6) is 5.75 Å². The minimum absolute atomic E-state index is 0.190. The van der Waals surface area contributed by atoms with Gasteiger partial charge in [0.2, 0.25) is 0 Å². The number of nitrogens with one attached hydrogen (secondary N) is 1. The fourth-order valence-electron chi connectivity index (χ4n) is 2.39. The zero-order chi connectivity index (χ0) is 15.3. The molecule has 0 spiro atoms. The Morgan fingerprint density at radius 3 is 2.57 bits per heavy atom. The predicted octanol–water partition coefficient (Wildman–Crippen LogP) is 2.84. The SMILES string of the molecule is COC(=O)C(C)(CCCOc1ccc(C)cc1)NC1CC1. The molecule has 0 amide bonds. The summed E-state index contributed by atoms with van der Waals surface area (Å²) in [5.41, 5.74) is 0.612. The topological polar surface area (TPSA) is 47.6 Å². The zero-order valence-electron chi connectivity index (χ0n) is 13.1. The molecule has 1 aliphatic rings. The fraction of sp³-hybridized carbons (Fsp3) is 0.588. The number of rotatable bonds is 8. The van der Waals surface area contributed by atoms with Gasteiger partial charge in [-0.1, -0.05) is 17.7 Å². The van der Waals surface area contributed by atoms with Crippen LogP contribution in [0.2, 0.25) is 0 Å². The van der Waals surface area contributed by atoms with E-state index in [0.717, 1.165) is 25.0 Å². The van der Waals surface area contributed by atoms with Crippen LogP contribution in [0.1, 0.15) is 38.2 Å². The smallest absolute Gasteiger partial charge is 0.325 e. The van der Waals surface area contributed by atoms with Crippen molar-refractivity contribution >= 4 is 5.97 Å². The molecular weight excluding hydrogens is 266 g/mol. The van der Waals surface area contributed by atoms with Crippen LogP contribution in [0.25, 0.3) is 0 Å². The molecule has 0 aliphatic heterocycles. The van der Waals surface area contributed by atoms with E-state index >= 15 is 0 Å². The highest BCUT2D eigenvalue weighted by atomic mass is 16.5. The van der Waals surface area contributed by atoms with Gasteiger partial charge in [0.1, 0.15) is 11.3 Å². The van der Waals surface area contributed by atoms with Gasteiger partial charge >= 0.3 is 5.97 Å². The second-order valence-electron chi connectivity index (χ2n) is 6.01. The monoisotopic (exact) mass is 291 g/mol. The van der Waals surface area contributed by atoms with E-state index in [1.807, 2.05) is 31.2 Å². The Labute approximate surface area is 126 Å². The van der Waals surface area contributed by atoms with Gasteiger partial charge in [-0.05, 0) is 51.7 Å². The third-order valence-corrected chi connectivity index (χ3v) is 3.85. The van der Waals surface area contributed by atoms with Gasteiger partial charge in [-0.15, -0.1) is 0 Å². The Balaban J connectivity index is 1.78. The predicted molar refractivity (Wildman–Crippen MR) is 82.5 cm³/mol. The van der Waals surface area contributed by atoms with Crippen molar-refractivity contribution in [3.63, 3.8) is 0 Å². The average Bonchev–Trinajstić information content (AvgIpc) is 3.28. The Kier molecular flexibility index (Phi) is 5.23. The molecule has 0 radical (unpaired) electrons. The summed E-state index contributed by atoms with van der Waals surface area (Å²) in [4.78, 5) is 12.0. The van der Waals surface area contributed by atoms with E-state index in [2.05, 4.69) is 12.2 Å². The summed E-state index contributed by atoms with van der Waals surface area (Å²) in [6.45, 7) is 4.57. The normalized spacial score (nSPS) is 17.1. The lowest BCUT2D eigenvalue weighted by atomic mass is 9.96. The standard InChI is InChI=1S/C17H25NO3/c1-13-5-9-15(10-6-13)21-12-4-11-17(2,16(19)20-3)18-14-7-8-14/h5-6,9-10,14,18H,4,7-8,11-12H2,1-3H3. The summed E-state index contributed by atoms with van der Waals surface area (Å²) >= 11 is 0. The van der Waals surface area contributed by atoms with Gasteiger partial charge in [0.25, 0.3) is 0 Å². The number of ether oxygens (including phenoxy) is 2. The van der Waals surface area contributed by atoms with Gasteiger partial charge in [0.05, 0.1) is 13.7 Å². The molecular formula is C17H25NO3. The molecule has 1 unspecified atom stereocenters. The molecule has 4 heteroatoms. The summed E-state index contributed by atoms with van der Waals surface area (Å²) in [6.07, 6.45) is 3.81. The molecule has 116 valence electrons. The number of benzene rings is 1. The average molecular weight is 291 g/mol. The second kappa shape index (κ2) is 6.94. The first kappa shape index (κ1) is 15.8. The van der Waals surface area contributed by atoms with Gasteiger partial charge in [0, 0.05) is 6.04 Å². The van der Waals surface area contributed by atoms with Crippen molar-refractivity contribution in [1.29, 1.82) is 0 Å². The zero-order valence-corrected chi connectivity index (χ0v) is 13.1. The first-order valence-corrected chi connectivity index (χ1v) is 7.59. The number of methoxy groups -OCH3 is 1. The number of hydrogen-bond acceptors (Lipinski definition) is 4. The summed E-state index contributed by atoms with van der Waals surface area (Å²) in [5, 5.41) is 3.39. The molecule has 0 bridgehead atoms. The van der Waals surface area contributed by atoms with Crippen molar-refractivity contribution in [1.82, 2.24) is 5.32 Å². The van der Waals surface area contributed by atoms with E-state index < -0.39 is 5.54 Å². The minimum atomic E-state index is -0.605. The fourth-order valence-corrected chi connectivity index (χ4v) is 2.39. The van der Waals surface area contributed by atoms with Crippen molar-refractivity contribution in [3.8, 4) is 5.75 Å². The summed E-state index contributed by atoms with van der Waals surface area (Å²) < 4.78 is 10.6. The number of hydrogen-bond donors (Lipinski definition) is 1. The lowest BCUT2D eigenvalue weighted by molar-refractivity contribution is -0.148. The molecule has 1 aromatic carbocycles. The van der Waals surface area contributed by atoms with Crippen molar-refractivity contribution in [3.05, 3.63) is 29.8 Å². The Morgan fingerprint density at radius 1 is 1.33 bits per heavy atom. The third kappa shape index (κ3) is 4.74. The summed E-state index contributed by atoms with van der Waals surface area (Å²) in [6, 6.07) is 8.46. The third-order valence-electron chi connectivity index (χ3n) is 3.85. The Bertz CT molecular complexity index is 467. The van der Waals surface area contributed by atoms with Crippen molar-refractivity contribution in [2.24, 2.45) is 0 Å². The molecule has 1 saturated carbocycles. The molecule has 0 saturated heterocycles. The first-order valence-electron chi connectivity index (χ1n) is 7.59. The van der Waals surface area contributed by atoms with Crippen LogP contribution in [0, 0.1) is 6.92 Å². The molecule has 0 aromatic heterocycles. The quantitative estimate of drug-likeness (QED) is 0.591. The van der Waals surface area contributed by atoms with Crippen LogP contribution in [0.3, 0.4) is 0 Å². The van der Waals surface area contributed by atoms with E-state index in [9.17, 15) is 4.79 Å². The molecule has 1 fully saturated rings. The van der Waals surface area contributed by atoms with Crippen LogP contribution < -0.4 is 10.1 Å². The van der Waals surface area contributed by atoms with Crippen molar-refractivity contribution < 1.29 is 14.3 Å². The van der Waals surface area contributed by atoms with E-state index in [0.29, 0.717) is 19.1 Å². The van der Waals surface area contributed by atoms with Crippen LogP contribution in [-0.2, 0) is 9.53 Å². The van der Waals surface area contributed by atoms with E-state index in [-0.39, 0.29) is 5.97 Å². The number of esters is 1. The largest absolute Gasteiger partial charge is 0.494 e.